The summed E-state index contributed by atoms with van der Waals surface area (Å²) in [6.45, 7) is 0.105. The molecule has 3 aromatic rings. The van der Waals surface area contributed by atoms with Gasteiger partial charge in [0.05, 0.1) is 18.2 Å². The first kappa shape index (κ1) is 15.7. The van der Waals surface area contributed by atoms with Gasteiger partial charge >= 0.3 is 11.9 Å². The standard InChI is InChI=1S/C17H15N3O4/c1-23-17(22)13-8-6-12(7-9-13)11-24-16(21)10-20-15-5-3-2-4-14(15)18-19-20/h2-9H,10-11H2,1H3. The van der Waals surface area contributed by atoms with Crippen molar-refractivity contribution < 1.29 is 19.1 Å². The van der Waals surface area contributed by atoms with Gasteiger partial charge in [0.2, 0.25) is 0 Å². The van der Waals surface area contributed by atoms with Crippen molar-refractivity contribution in [1.82, 2.24) is 15.0 Å². The van der Waals surface area contributed by atoms with E-state index in [4.69, 9.17) is 4.74 Å². The van der Waals surface area contributed by atoms with Gasteiger partial charge in [-0.2, -0.15) is 0 Å². The van der Waals surface area contributed by atoms with Gasteiger partial charge in [0.1, 0.15) is 18.7 Å². The predicted octanol–water partition coefficient (Wildman–Crippen LogP) is 1.96. The fourth-order valence-corrected chi connectivity index (χ4v) is 2.22. The largest absolute Gasteiger partial charge is 0.465 e. The Hall–Kier alpha value is -3.22. The van der Waals surface area contributed by atoms with Crippen molar-refractivity contribution in [1.29, 1.82) is 0 Å². The molecule has 0 aliphatic heterocycles. The minimum atomic E-state index is -0.414. The van der Waals surface area contributed by atoms with Crippen molar-refractivity contribution in [2.75, 3.05) is 7.11 Å². The molecular formula is C17H15N3O4. The van der Waals surface area contributed by atoms with E-state index in [-0.39, 0.29) is 13.2 Å². The summed E-state index contributed by atoms with van der Waals surface area (Å²) in [6.07, 6.45) is 0. The highest BCUT2D eigenvalue weighted by atomic mass is 16.5. The number of carbonyl (C=O) groups is 2. The number of benzene rings is 2. The van der Waals surface area contributed by atoms with Crippen molar-refractivity contribution >= 4 is 23.0 Å². The second-order valence-electron chi connectivity index (χ2n) is 5.08. The molecule has 0 spiro atoms. The minimum absolute atomic E-state index is 0.0131. The molecule has 0 fully saturated rings. The molecule has 1 aromatic heterocycles. The number of nitrogens with zero attached hydrogens (tertiary/aromatic N) is 3. The fraction of sp³-hybridized carbons (Fsp3) is 0.176. The molecule has 0 atom stereocenters. The van der Waals surface area contributed by atoms with Gasteiger partial charge in [-0.3, -0.25) is 4.79 Å². The average molecular weight is 325 g/mol. The lowest BCUT2D eigenvalue weighted by atomic mass is 10.1. The molecule has 24 heavy (non-hydrogen) atoms. The number of para-hydroxylation sites is 1. The van der Waals surface area contributed by atoms with Crippen LogP contribution in [-0.2, 0) is 27.4 Å². The van der Waals surface area contributed by atoms with Gasteiger partial charge in [0.15, 0.2) is 0 Å². The van der Waals surface area contributed by atoms with Gasteiger partial charge in [-0.1, -0.05) is 29.5 Å². The molecular weight excluding hydrogens is 310 g/mol. The Kier molecular flexibility index (Phi) is 4.51. The Morgan fingerprint density at radius 3 is 2.58 bits per heavy atom. The molecule has 0 bridgehead atoms. The van der Waals surface area contributed by atoms with Gasteiger partial charge in [0, 0.05) is 0 Å². The molecule has 7 nitrogen and oxygen atoms in total. The molecule has 0 amide bonds. The van der Waals surface area contributed by atoms with Gasteiger partial charge in [0.25, 0.3) is 0 Å². The van der Waals surface area contributed by atoms with E-state index in [2.05, 4.69) is 15.0 Å². The molecule has 0 saturated carbocycles. The van der Waals surface area contributed by atoms with Crippen LogP contribution in [0.2, 0.25) is 0 Å². The maximum absolute atomic E-state index is 12.0. The normalized spacial score (nSPS) is 10.5. The van der Waals surface area contributed by atoms with Crippen molar-refractivity contribution in [3.8, 4) is 0 Å². The van der Waals surface area contributed by atoms with E-state index in [1.54, 1.807) is 24.3 Å². The van der Waals surface area contributed by atoms with Gasteiger partial charge in [-0.15, -0.1) is 5.10 Å². The van der Waals surface area contributed by atoms with Crippen LogP contribution in [0.5, 0.6) is 0 Å². The lowest BCUT2D eigenvalue weighted by molar-refractivity contribution is -0.145. The number of hydrogen-bond acceptors (Lipinski definition) is 6. The third-order valence-electron chi connectivity index (χ3n) is 3.47. The molecule has 2 aromatic carbocycles. The highest BCUT2D eigenvalue weighted by molar-refractivity contribution is 5.89. The summed E-state index contributed by atoms with van der Waals surface area (Å²) in [7, 11) is 1.33. The Labute approximate surface area is 137 Å². The maximum Gasteiger partial charge on any atom is 0.337 e. The fourth-order valence-electron chi connectivity index (χ4n) is 2.22. The summed E-state index contributed by atoms with van der Waals surface area (Å²) in [5.74, 6) is -0.820. The molecule has 122 valence electrons. The van der Waals surface area contributed by atoms with Crippen LogP contribution in [0.25, 0.3) is 11.0 Å². The monoisotopic (exact) mass is 325 g/mol. The summed E-state index contributed by atoms with van der Waals surface area (Å²) >= 11 is 0. The molecule has 0 saturated heterocycles. The van der Waals surface area contributed by atoms with Crippen LogP contribution in [-0.4, -0.2) is 34.0 Å². The van der Waals surface area contributed by atoms with Gasteiger partial charge in [-0.25, -0.2) is 9.48 Å². The van der Waals surface area contributed by atoms with Crippen LogP contribution in [0.3, 0.4) is 0 Å². The summed E-state index contributed by atoms with van der Waals surface area (Å²) in [5, 5.41) is 7.93. The molecule has 3 rings (SSSR count). The SMILES string of the molecule is COC(=O)c1ccc(COC(=O)Cn2nnc3ccccc32)cc1. The van der Waals surface area contributed by atoms with Crippen molar-refractivity contribution in [2.24, 2.45) is 0 Å². The van der Waals surface area contributed by atoms with Crippen LogP contribution >= 0.6 is 0 Å². The van der Waals surface area contributed by atoms with E-state index in [0.717, 1.165) is 16.6 Å². The molecule has 0 N–H and O–H groups in total. The Morgan fingerprint density at radius 2 is 1.83 bits per heavy atom. The molecule has 0 aliphatic carbocycles. The lowest BCUT2D eigenvalue weighted by Crippen LogP contribution is -2.14. The lowest BCUT2D eigenvalue weighted by Gasteiger charge is -2.06. The van der Waals surface area contributed by atoms with E-state index in [1.807, 2.05) is 24.3 Å². The summed E-state index contributed by atoms with van der Waals surface area (Å²) in [6, 6.07) is 14.1. The topological polar surface area (TPSA) is 83.3 Å². The highest BCUT2D eigenvalue weighted by Crippen LogP contribution is 2.10. The quantitative estimate of drug-likeness (QED) is 0.667. The number of fused-ring (bicyclic) bond motifs is 1. The number of hydrogen-bond donors (Lipinski definition) is 0. The third kappa shape index (κ3) is 3.40. The number of rotatable bonds is 5. The van der Waals surface area contributed by atoms with Crippen molar-refractivity contribution in [2.45, 2.75) is 13.2 Å². The van der Waals surface area contributed by atoms with Gasteiger partial charge in [-0.05, 0) is 29.8 Å². The first-order valence-electron chi connectivity index (χ1n) is 7.28. The highest BCUT2D eigenvalue weighted by Gasteiger charge is 2.10. The number of carbonyl (C=O) groups excluding carboxylic acids is 2. The summed E-state index contributed by atoms with van der Waals surface area (Å²) in [4.78, 5) is 23.3. The first-order valence-corrected chi connectivity index (χ1v) is 7.28. The Bertz CT molecular complexity index is 871. The molecule has 0 aliphatic rings. The van der Waals surface area contributed by atoms with Crippen LogP contribution in [0.15, 0.2) is 48.5 Å². The van der Waals surface area contributed by atoms with Crippen LogP contribution in [0, 0.1) is 0 Å². The molecule has 1 heterocycles. The van der Waals surface area contributed by atoms with E-state index in [1.165, 1.54) is 11.8 Å². The van der Waals surface area contributed by atoms with E-state index < -0.39 is 11.9 Å². The maximum atomic E-state index is 12.0. The van der Waals surface area contributed by atoms with Crippen LogP contribution in [0.1, 0.15) is 15.9 Å². The Balaban J connectivity index is 1.58. The third-order valence-corrected chi connectivity index (χ3v) is 3.47. The average Bonchev–Trinajstić information content (AvgIpc) is 3.03. The number of esters is 2. The summed E-state index contributed by atoms with van der Waals surface area (Å²) < 4.78 is 11.4. The smallest absolute Gasteiger partial charge is 0.337 e. The van der Waals surface area contributed by atoms with Crippen LogP contribution in [0.4, 0.5) is 0 Å². The minimum Gasteiger partial charge on any atom is -0.465 e. The molecule has 0 unspecified atom stereocenters. The number of methoxy groups -OCH3 is 1. The zero-order valence-corrected chi connectivity index (χ0v) is 13.0. The second-order valence-corrected chi connectivity index (χ2v) is 5.08. The molecule has 0 radical (unpaired) electrons. The van der Waals surface area contributed by atoms with Gasteiger partial charge < -0.3 is 9.47 Å². The van der Waals surface area contributed by atoms with E-state index in [9.17, 15) is 9.59 Å². The zero-order valence-electron chi connectivity index (χ0n) is 13.0. The van der Waals surface area contributed by atoms with Crippen molar-refractivity contribution in [3.05, 3.63) is 59.7 Å². The molecule has 7 heteroatoms. The zero-order chi connectivity index (χ0) is 16.9. The number of ether oxygens (including phenoxy) is 2. The second kappa shape index (κ2) is 6.91. The number of aromatic nitrogens is 3. The predicted molar refractivity (Wildman–Crippen MR) is 85.1 cm³/mol. The van der Waals surface area contributed by atoms with Crippen LogP contribution < -0.4 is 0 Å². The van der Waals surface area contributed by atoms with E-state index >= 15 is 0 Å². The summed E-state index contributed by atoms with van der Waals surface area (Å²) in [5.41, 5.74) is 2.72. The Morgan fingerprint density at radius 1 is 1.08 bits per heavy atom. The van der Waals surface area contributed by atoms with Crippen molar-refractivity contribution in [3.63, 3.8) is 0 Å². The first-order chi connectivity index (χ1) is 11.7. The van der Waals surface area contributed by atoms with E-state index in [0.29, 0.717) is 5.56 Å².